The van der Waals surface area contributed by atoms with Gasteiger partial charge in [0, 0.05) is 6.54 Å². The molecular formula is C13H28N2. The van der Waals surface area contributed by atoms with Crippen molar-refractivity contribution >= 4 is 0 Å². The van der Waals surface area contributed by atoms with E-state index in [-0.39, 0.29) is 0 Å². The Morgan fingerprint density at radius 3 is 2.47 bits per heavy atom. The highest BCUT2D eigenvalue weighted by molar-refractivity contribution is 4.79. The Morgan fingerprint density at radius 1 is 1.33 bits per heavy atom. The van der Waals surface area contributed by atoms with Crippen LogP contribution in [0.25, 0.3) is 0 Å². The van der Waals surface area contributed by atoms with Gasteiger partial charge in [-0.2, -0.15) is 0 Å². The topological polar surface area (TPSA) is 29.3 Å². The van der Waals surface area contributed by atoms with Crippen LogP contribution in [0.3, 0.4) is 0 Å². The monoisotopic (exact) mass is 212 g/mol. The summed E-state index contributed by atoms with van der Waals surface area (Å²) in [5, 5.41) is 0. The van der Waals surface area contributed by atoms with Crippen LogP contribution in [0.1, 0.15) is 40.5 Å². The fraction of sp³-hybridized carbons (Fsp3) is 1.00. The summed E-state index contributed by atoms with van der Waals surface area (Å²) in [6.45, 7) is 13.9. The van der Waals surface area contributed by atoms with Crippen LogP contribution in [0.5, 0.6) is 0 Å². The van der Waals surface area contributed by atoms with Gasteiger partial charge in [-0.25, -0.2) is 0 Å². The Balaban J connectivity index is 2.29. The number of rotatable bonds is 3. The predicted molar refractivity (Wildman–Crippen MR) is 66.8 cm³/mol. The number of likely N-dealkylation sites (tertiary alicyclic amines) is 1. The average molecular weight is 212 g/mol. The second-order valence-corrected chi connectivity index (χ2v) is 6.37. The fourth-order valence-corrected chi connectivity index (χ4v) is 2.33. The summed E-state index contributed by atoms with van der Waals surface area (Å²) in [6.07, 6.45) is 2.59. The van der Waals surface area contributed by atoms with Crippen molar-refractivity contribution in [1.82, 2.24) is 4.90 Å². The van der Waals surface area contributed by atoms with Gasteiger partial charge in [0.1, 0.15) is 0 Å². The van der Waals surface area contributed by atoms with Crippen LogP contribution in [-0.2, 0) is 0 Å². The van der Waals surface area contributed by atoms with Crippen LogP contribution in [0.4, 0.5) is 0 Å². The Hall–Kier alpha value is -0.0800. The standard InChI is InChI=1S/C13H28N2/c1-11-10-15(7-5-12(11)9-14)8-6-13(2,3)4/h11-12H,5-10,14H2,1-4H3. The zero-order valence-electron chi connectivity index (χ0n) is 10.9. The minimum atomic E-state index is 0.466. The zero-order valence-corrected chi connectivity index (χ0v) is 10.9. The van der Waals surface area contributed by atoms with Crippen molar-refractivity contribution in [1.29, 1.82) is 0 Å². The normalized spacial score (nSPS) is 29.4. The Bertz CT molecular complexity index is 183. The maximum absolute atomic E-state index is 5.76. The van der Waals surface area contributed by atoms with Crippen molar-refractivity contribution in [2.45, 2.75) is 40.5 Å². The zero-order chi connectivity index (χ0) is 11.5. The highest BCUT2D eigenvalue weighted by Gasteiger charge is 2.25. The molecular weight excluding hydrogens is 184 g/mol. The minimum Gasteiger partial charge on any atom is -0.330 e. The van der Waals surface area contributed by atoms with Gasteiger partial charge in [-0.3, -0.25) is 0 Å². The van der Waals surface area contributed by atoms with Gasteiger partial charge in [0.25, 0.3) is 0 Å². The summed E-state index contributed by atoms with van der Waals surface area (Å²) in [5.74, 6) is 1.54. The second-order valence-electron chi connectivity index (χ2n) is 6.37. The van der Waals surface area contributed by atoms with E-state index >= 15 is 0 Å². The van der Waals surface area contributed by atoms with E-state index in [1.165, 1.54) is 32.5 Å². The molecule has 0 bridgehead atoms. The third-order valence-corrected chi connectivity index (χ3v) is 3.65. The lowest BCUT2D eigenvalue weighted by Gasteiger charge is -2.37. The molecule has 0 spiro atoms. The summed E-state index contributed by atoms with van der Waals surface area (Å²) in [4.78, 5) is 2.61. The molecule has 1 aliphatic heterocycles. The molecule has 90 valence electrons. The lowest BCUT2D eigenvalue weighted by molar-refractivity contribution is 0.120. The van der Waals surface area contributed by atoms with Gasteiger partial charge in [-0.05, 0) is 49.7 Å². The maximum Gasteiger partial charge on any atom is 0.00102 e. The van der Waals surface area contributed by atoms with E-state index in [0.29, 0.717) is 5.41 Å². The average Bonchev–Trinajstić information content (AvgIpc) is 2.14. The quantitative estimate of drug-likeness (QED) is 0.778. The lowest BCUT2D eigenvalue weighted by atomic mass is 9.86. The minimum absolute atomic E-state index is 0.466. The first-order valence-electron chi connectivity index (χ1n) is 6.35. The van der Waals surface area contributed by atoms with Gasteiger partial charge in [0.15, 0.2) is 0 Å². The number of nitrogens with two attached hydrogens (primary N) is 1. The highest BCUT2D eigenvalue weighted by atomic mass is 15.1. The molecule has 0 aromatic rings. The molecule has 0 saturated carbocycles. The van der Waals surface area contributed by atoms with Gasteiger partial charge in [-0.15, -0.1) is 0 Å². The van der Waals surface area contributed by atoms with E-state index in [1.54, 1.807) is 0 Å². The van der Waals surface area contributed by atoms with Gasteiger partial charge >= 0.3 is 0 Å². The Morgan fingerprint density at radius 2 is 2.00 bits per heavy atom. The number of hydrogen-bond acceptors (Lipinski definition) is 2. The molecule has 1 aliphatic rings. The first kappa shape index (κ1) is 13.0. The van der Waals surface area contributed by atoms with Crippen molar-refractivity contribution in [3.8, 4) is 0 Å². The molecule has 2 heteroatoms. The predicted octanol–water partition coefficient (Wildman–Crippen LogP) is 2.34. The Kier molecular flexibility index (Phi) is 4.60. The van der Waals surface area contributed by atoms with E-state index in [4.69, 9.17) is 5.73 Å². The summed E-state index contributed by atoms with van der Waals surface area (Å²) < 4.78 is 0. The molecule has 2 nitrogen and oxygen atoms in total. The summed E-state index contributed by atoms with van der Waals surface area (Å²) >= 11 is 0. The smallest absolute Gasteiger partial charge is 0.00102 e. The summed E-state index contributed by atoms with van der Waals surface area (Å²) in [7, 11) is 0. The highest BCUT2D eigenvalue weighted by Crippen LogP contribution is 2.24. The molecule has 1 fully saturated rings. The number of hydrogen-bond donors (Lipinski definition) is 1. The molecule has 0 aromatic carbocycles. The van der Waals surface area contributed by atoms with E-state index < -0.39 is 0 Å². The van der Waals surface area contributed by atoms with Crippen LogP contribution in [0.2, 0.25) is 0 Å². The molecule has 1 heterocycles. The molecule has 0 radical (unpaired) electrons. The molecule has 1 rings (SSSR count). The molecule has 1 saturated heterocycles. The fourth-order valence-electron chi connectivity index (χ4n) is 2.33. The largest absolute Gasteiger partial charge is 0.330 e. The van der Waals surface area contributed by atoms with Gasteiger partial charge in [-0.1, -0.05) is 27.7 Å². The molecule has 2 atom stereocenters. The summed E-state index contributed by atoms with van der Waals surface area (Å²) in [6, 6.07) is 0. The number of nitrogens with zero attached hydrogens (tertiary/aromatic N) is 1. The first-order chi connectivity index (χ1) is 6.92. The van der Waals surface area contributed by atoms with Gasteiger partial charge in [0.05, 0.1) is 0 Å². The molecule has 0 amide bonds. The third-order valence-electron chi connectivity index (χ3n) is 3.65. The molecule has 0 aromatic heterocycles. The maximum atomic E-state index is 5.76. The molecule has 0 aliphatic carbocycles. The SMILES string of the molecule is CC1CN(CCC(C)(C)C)CCC1CN. The van der Waals surface area contributed by atoms with Crippen LogP contribution in [-0.4, -0.2) is 31.1 Å². The van der Waals surface area contributed by atoms with Crippen LogP contribution < -0.4 is 5.73 Å². The van der Waals surface area contributed by atoms with E-state index in [2.05, 4.69) is 32.6 Å². The van der Waals surface area contributed by atoms with E-state index in [1.807, 2.05) is 0 Å². The van der Waals surface area contributed by atoms with Crippen molar-refractivity contribution in [2.24, 2.45) is 23.0 Å². The third kappa shape index (κ3) is 4.52. The summed E-state index contributed by atoms with van der Waals surface area (Å²) in [5.41, 5.74) is 6.23. The van der Waals surface area contributed by atoms with E-state index in [9.17, 15) is 0 Å². The Labute approximate surface area is 95.2 Å². The van der Waals surface area contributed by atoms with Crippen LogP contribution in [0, 0.1) is 17.3 Å². The van der Waals surface area contributed by atoms with Crippen molar-refractivity contribution in [3.05, 3.63) is 0 Å². The van der Waals surface area contributed by atoms with Gasteiger partial charge < -0.3 is 10.6 Å². The van der Waals surface area contributed by atoms with Crippen molar-refractivity contribution in [3.63, 3.8) is 0 Å². The molecule has 2 N–H and O–H groups in total. The first-order valence-corrected chi connectivity index (χ1v) is 6.35. The second kappa shape index (κ2) is 5.31. The lowest BCUT2D eigenvalue weighted by Crippen LogP contribution is -2.42. The molecule has 2 unspecified atom stereocenters. The van der Waals surface area contributed by atoms with Crippen molar-refractivity contribution < 1.29 is 0 Å². The number of piperidine rings is 1. The van der Waals surface area contributed by atoms with E-state index in [0.717, 1.165) is 18.4 Å². The van der Waals surface area contributed by atoms with Crippen LogP contribution in [0.15, 0.2) is 0 Å². The van der Waals surface area contributed by atoms with Crippen molar-refractivity contribution in [2.75, 3.05) is 26.2 Å². The molecule has 15 heavy (non-hydrogen) atoms. The van der Waals surface area contributed by atoms with Crippen LogP contribution >= 0.6 is 0 Å². The van der Waals surface area contributed by atoms with Gasteiger partial charge in [0.2, 0.25) is 0 Å².